The third-order valence-corrected chi connectivity index (χ3v) is 6.09. The third kappa shape index (κ3) is 3.37. The van der Waals surface area contributed by atoms with Gasteiger partial charge in [0, 0.05) is 29.9 Å². The first-order chi connectivity index (χ1) is 13.4. The molecule has 1 fully saturated rings. The fraction of sp³-hybridized carbons (Fsp3) is 0.368. The maximum absolute atomic E-state index is 12.8. The van der Waals surface area contributed by atoms with Gasteiger partial charge in [0.05, 0.1) is 10.6 Å². The molecule has 2 aromatic rings. The van der Waals surface area contributed by atoms with Crippen LogP contribution in [-0.4, -0.2) is 32.0 Å². The average Bonchev–Trinajstić information content (AvgIpc) is 2.95. The van der Waals surface area contributed by atoms with Gasteiger partial charge in [0.25, 0.3) is 5.69 Å². The number of hydrogen-bond acceptors (Lipinski definition) is 7. The molecule has 144 valence electrons. The number of nitro benzene ring substituents is 1. The molecule has 1 saturated heterocycles. The van der Waals surface area contributed by atoms with E-state index in [1.807, 2.05) is 6.92 Å². The van der Waals surface area contributed by atoms with Crippen molar-refractivity contribution in [1.82, 2.24) is 9.97 Å². The summed E-state index contributed by atoms with van der Waals surface area (Å²) in [5, 5.41) is 10.7. The molecular weight excluding hydrogens is 380 g/mol. The molecule has 2 amide bonds. The van der Waals surface area contributed by atoms with E-state index >= 15 is 0 Å². The summed E-state index contributed by atoms with van der Waals surface area (Å²) in [4.78, 5) is 45.7. The largest absolute Gasteiger partial charge is 0.274 e. The number of carbonyl (C=O) groups is 2. The van der Waals surface area contributed by atoms with Crippen LogP contribution in [0, 0.1) is 17.0 Å². The van der Waals surface area contributed by atoms with Crippen molar-refractivity contribution < 1.29 is 14.5 Å². The van der Waals surface area contributed by atoms with Gasteiger partial charge in [-0.05, 0) is 50.3 Å². The molecule has 1 aromatic heterocycles. The highest BCUT2D eigenvalue weighted by atomic mass is 32.2. The van der Waals surface area contributed by atoms with Crippen LogP contribution in [0.4, 0.5) is 11.4 Å². The number of aryl methyl sites for hydroxylation is 2. The third-order valence-electron chi connectivity index (χ3n) is 5.04. The van der Waals surface area contributed by atoms with Crippen molar-refractivity contribution in [3.8, 4) is 0 Å². The Morgan fingerprint density at radius 1 is 1.14 bits per heavy atom. The number of carbonyl (C=O) groups excluding carboxylic acids is 2. The Kier molecular flexibility index (Phi) is 4.84. The van der Waals surface area contributed by atoms with Crippen molar-refractivity contribution in [1.29, 1.82) is 0 Å². The fourth-order valence-corrected chi connectivity index (χ4v) is 4.66. The number of hydrogen-bond donors (Lipinski definition) is 0. The molecule has 8 nitrogen and oxygen atoms in total. The maximum Gasteiger partial charge on any atom is 0.269 e. The van der Waals surface area contributed by atoms with Crippen molar-refractivity contribution >= 4 is 35.0 Å². The maximum atomic E-state index is 12.8. The second kappa shape index (κ2) is 7.31. The molecule has 2 aliphatic rings. The molecule has 9 heteroatoms. The number of rotatable bonds is 4. The molecule has 0 bridgehead atoms. The lowest BCUT2D eigenvalue weighted by molar-refractivity contribution is -0.384. The van der Waals surface area contributed by atoms with E-state index in [-0.39, 0.29) is 23.9 Å². The number of nitrogens with zero attached hydrogens (tertiary/aromatic N) is 4. The van der Waals surface area contributed by atoms with Gasteiger partial charge in [-0.2, -0.15) is 0 Å². The zero-order valence-corrected chi connectivity index (χ0v) is 16.1. The first-order valence-corrected chi connectivity index (χ1v) is 9.96. The van der Waals surface area contributed by atoms with Gasteiger partial charge in [-0.1, -0.05) is 11.8 Å². The van der Waals surface area contributed by atoms with E-state index in [1.165, 1.54) is 41.6 Å². The van der Waals surface area contributed by atoms with Crippen LogP contribution in [0.3, 0.4) is 0 Å². The molecule has 0 radical (unpaired) electrons. The van der Waals surface area contributed by atoms with Gasteiger partial charge in [0.2, 0.25) is 11.8 Å². The van der Waals surface area contributed by atoms with E-state index in [9.17, 15) is 19.7 Å². The summed E-state index contributed by atoms with van der Waals surface area (Å²) in [5.74, 6) is -0.672. The minimum Gasteiger partial charge on any atom is -0.274 e. The highest BCUT2D eigenvalue weighted by Crippen LogP contribution is 2.34. The molecule has 2 heterocycles. The molecule has 0 N–H and O–H groups in total. The Morgan fingerprint density at radius 2 is 1.86 bits per heavy atom. The number of fused-ring (bicyclic) bond motifs is 1. The number of aromatic nitrogens is 2. The topological polar surface area (TPSA) is 106 Å². The van der Waals surface area contributed by atoms with Crippen LogP contribution < -0.4 is 4.90 Å². The number of non-ortho nitro benzene ring substituents is 1. The number of benzene rings is 1. The second-order valence-electron chi connectivity index (χ2n) is 6.88. The summed E-state index contributed by atoms with van der Waals surface area (Å²) in [5.41, 5.74) is 3.44. The Hall–Kier alpha value is -2.81. The van der Waals surface area contributed by atoms with Gasteiger partial charge < -0.3 is 0 Å². The predicted molar refractivity (Wildman–Crippen MR) is 103 cm³/mol. The zero-order valence-electron chi connectivity index (χ0n) is 15.3. The summed E-state index contributed by atoms with van der Waals surface area (Å²) >= 11 is 1.21. The number of thioether (sulfide) groups is 1. The van der Waals surface area contributed by atoms with Gasteiger partial charge in [-0.25, -0.2) is 14.9 Å². The van der Waals surface area contributed by atoms with Crippen LogP contribution in [-0.2, 0) is 22.4 Å². The molecular formula is C19H18N4O4S. The molecule has 1 atom stereocenters. The number of amides is 2. The van der Waals surface area contributed by atoms with E-state index < -0.39 is 10.2 Å². The summed E-state index contributed by atoms with van der Waals surface area (Å²) in [6, 6.07) is 5.40. The average molecular weight is 398 g/mol. The fourth-order valence-electron chi connectivity index (χ4n) is 3.62. The minimum atomic E-state index is -0.594. The smallest absolute Gasteiger partial charge is 0.269 e. The highest BCUT2D eigenvalue weighted by Gasteiger charge is 2.41. The molecule has 0 unspecified atom stereocenters. The Morgan fingerprint density at radius 3 is 2.57 bits per heavy atom. The van der Waals surface area contributed by atoms with E-state index in [1.54, 1.807) is 0 Å². The molecule has 1 aromatic carbocycles. The van der Waals surface area contributed by atoms with Crippen LogP contribution in [0.2, 0.25) is 0 Å². The van der Waals surface area contributed by atoms with Gasteiger partial charge in [-0.15, -0.1) is 0 Å². The molecule has 28 heavy (non-hydrogen) atoms. The van der Waals surface area contributed by atoms with Crippen molar-refractivity contribution in [3.05, 3.63) is 51.3 Å². The van der Waals surface area contributed by atoms with Crippen LogP contribution in [0.15, 0.2) is 29.4 Å². The summed E-state index contributed by atoms with van der Waals surface area (Å²) in [6.07, 6.45) is 4.20. The van der Waals surface area contributed by atoms with Gasteiger partial charge >= 0.3 is 0 Å². The Labute approximate surface area is 165 Å². The first-order valence-electron chi connectivity index (χ1n) is 9.08. The molecule has 1 aliphatic heterocycles. The number of nitro groups is 1. The second-order valence-corrected chi connectivity index (χ2v) is 8.05. The van der Waals surface area contributed by atoms with Crippen molar-refractivity contribution in [2.45, 2.75) is 49.4 Å². The van der Waals surface area contributed by atoms with E-state index in [0.29, 0.717) is 10.8 Å². The van der Waals surface area contributed by atoms with E-state index in [4.69, 9.17) is 0 Å². The van der Waals surface area contributed by atoms with Crippen molar-refractivity contribution in [3.63, 3.8) is 0 Å². The monoisotopic (exact) mass is 398 g/mol. The normalized spacial score (nSPS) is 19.0. The first kappa shape index (κ1) is 18.5. The predicted octanol–water partition coefficient (Wildman–Crippen LogP) is 3.00. The number of imide groups is 1. The molecule has 1 aliphatic carbocycles. The van der Waals surface area contributed by atoms with Crippen LogP contribution in [0.25, 0.3) is 0 Å². The molecule has 0 spiro atoms. The van der Waals surface area contributed by atoms with E-state index in [2.05, 4.69) is 9.97 Å². The molecule has 4 rings (SSSR count). The van der Waals surface area contributed by atoms with Crippen LogP contribution in [0.5, 0.6) is 0 Å². The van der Waals surface area contributed by atoms with Crippen LogP contribution in [0.1, 0.15) is 36.2 Å². The lowest BCUT2D eigenvalue weighted by Crippen LogP contribution is -2.31. The standard InChI is InChI=1S/C19H18N4O4S/c1-11-14-4-2-3-5-15(14)21-19(20-11)28-16-10-17(24)22(18(16)25)12-6-8-13(9-7-12)23(26)27/h6-9,16H,2-5,10H2,1H3/t16-/m0/s1. The van der Waals surface area contributed by atoms with Crippen molar-refractivity contribution in [2.24, 2.45) is 0 Å². The summed E-state index contributed by atoms with van der Waals surface area (Å²) in [7, 11) is 0. The lowest BCUT2D eigenvalue weighted by atomic mass is 9.95. The Balaban J connectivity index is 1.54. The van der Waals surface area contributed by atoms with Gasteiger partial charge in [0.15, 0.2) is 5.16 Å². The van der Waals surface area contributed by atoms with Gasteiger partial charge in [0.1, 0.15) is 5.25 Å². The summed E-state index contributed by atoms with van der Waals surface area (Å²) < 4.78 is 0. The molecule has 0 saturated carbocycles. The zero-order chi connectivity index (χ0) is 19.8. The van der Waals surface area contributed by atoms with Gasteiger partial charge in [-0.3, -0.25) is 19.7 Å². The SMILES string of the molecule is Cc1nc(S[C@H]2CC(=O)N(c3ccc([N+](=O)[O-])cc3)C2=O)nc2c1CCCC2. The van der Waals surface area contributed by atoms with Crippen LogP contribution >= 0.6 is 11.8 Å². The minimum absolute atomic E-state index is 0.0555. The number of anilines is 1. The Bertz CT molecular complexity index is 977. The lowest BCUT2D eigenvalue weighted by Gasteiger charge is -2.18. The van der Waals surface area contributed by atoms with E-state index in [0.717, 1.165) is 42.0 Å². The quantitative estimate of drug-likeness (QED) is 0.337. The highest BCUT2D eigenvalue weighted by molar-refractivity contribution is 8.00. The van der Waals surface area contributed by atoms with Crippen molar-refractivity contribution in [2.75, 3.05) is 4.90 Å². The summed E-state index contributed by atoms with van der Waals surface area (Å²) in [6.45, 7) is 1.96.